The maximum absolute atomic E-state index is 12.2. The molecule has 0 atom stereocenters. The van der Waals surface area contributed by atoms with Crippen molar-refractivity contribution >= 4 is 28.3 Å². The molecule has 1 aromatic carbocycles. The van der Waals surface area contributed by atoms with Gasteiger partial charge in [0, 0.05) is 23.1 Å². The van der Waals surface area contributed by atoms with Gasteiger partial charge in [-0.15, -0.1) is 5.10 Å². The van der Waals surface area contributed by atoms with Gasteiger partial charge < -0.3 is 10.3 Å². The van der Waals surface area contributed by atoms with Crippen LogP contribution >= 0.6 is 11.5 Å². The van der Waals surface area contributed by atoms with Gasteiger partial charge in [0.25, 0.3) is 5.91 Å². The number of hydrogen-bond acceptors (Lipinski definition) is 4. The van der Waals surface area contributed by atoms with E-state index < -0.39 is 0 Å². The summed E-state index contributed by atoms with van der Waals surface area (Å²) in [7, 11) is 0. The van der Waals surface area contributed by atoms with Crippen LogP contribution in [-0.2, 0) is 13.0 Å². The summed E-state index contributed by atoms with van der Waals surface area (Å²) in [4.78, 5) is 16.2. The Hall–Kier alpha value is -2.21. The Kier molecular flexibility index (Phi) is 3.94. The molecule has 5 nitrogen and oxygen atoms in total. The first-order chi connectivity index (χ1) is 10.6. The smallest absolute Gasteiger partial charge is 0.265 e. The lowest BCUT2D eigenvalue weighted by molar-refractivity contribution is 0.0954. The predicted molar refractivity (Wildman–Crippen MR) is 88.2 cm³/mol. The van der Waals surface area contributed by atoms with Crippen LogP contribution in [0.5, 0.6) is 0 Å². The number of aromatic nitrogens is 3. The fourth-order valence-corrected chi connectivity index (χ4v) is 3.16. The summed E-state index contributed by atoms with van der Waals surface area (Å²) in [6, 6.07) is 6.21. The lowest BCUT2D eigenvalue weighted by atomic mass is 10.1. The summed E-state index contributed by atoms with van der Waals surface area (Å²) in [5.74, 6) is -0.103. The molecule has 0 aliphatic carbocycles. The van der Waals surface area contributed by atoms with E-state index in [1.165, 1.54) is 16.6 Å². The van der Waals surface area contributed by atoms with Gasteiger partial charge in [0.1, 0.15) is 4.88 Å². The number of H-pyrrole nitrogens is 1. The fourth-order valence-electron chi connectivity index (χ4n) is 2.49. The molecule has 0 aliphatic rings. The highest BCUT2D eigenvalue weighted by atomic mass is 32.1. The maximum Gasteiger partial charge on any atom is 0.265 e. The Morgan fingerprint density at radius 3 is 2.95 bits per heavy atom. The van der Waals surface area contributed by atoms with Crippen LogP contribution in [0.4, 0.5) is 0 Å². The summed E-state index contributed by atoms with van der Waals surface area (Å²) in [5.41, 5.74) is 5.40. The number of nitrogens with zero attached hydrogens (tertiary/aromatic N) is 2. The molecule has 1 amide bonds. The van der Waals surface area contributed by atoms with E-state index >= 15 is 0 Å². The van der Waals surface area contributed by atoms with Gasteiger partial charge in [0.2, 0.25) is 0 Å². The van der Waals surface area contributed by atoms with Crippen molar-refractivity contribution in [3.05, 3.63) is 45.6 Å². The van der Waals surface area contributed by atoms with Crippen molar-refractivity contribution in [2.75, 3.05) is 0 Å². The topological polar surface area (TPSA) is 70.7 Å². The van der Waals surface area contributed by atoms with Gasteiger partial charge in [0.05, 0.1) is 5.69 Å². The second-order valence-electron chi connectivity index (χ2n) is 5.34. The molecule has 0 saturated heterocycles. The average molecular weight is 314 g/mol. The Bertz CT molecular complexity index is 834. The number of rotatable bonds is 4. The number of aromatic amines is 1. The van der Waals surface area contributed by atoms with Gasteiger partial charge in [-0.25, -0.2) is 0 Å². The number of nitrogens with one attached hydrogen (secondary N) is 2. The zero-order valence-electron chi connectivity index (χ0n) is 12.9. The minimum atomic E-state index is -0.103. The molecule has 0 unspecified atom stereocenters. The predicted octanol–water partition coefficient (Wildman–Crippen LogP) is 3.13. The maximum atomic E-state index is 12.2. The van der Waals surface area contributed by atoms with Crippen LogP contribution in [0.3, 0.4) is 0 Å². The number of hydrogen-bond donors (Lipinski definition) is 2. The van der Waals surface area contributed by atoms with Crippen LogP contribution in [0, 0.1) is 13.8 Å². The third kappa shape index (κ3) is 2.62. The normalized spacial score (nSPS) is 11.0. The largest absolute Gasteiger partial charge is 0.358 e. The van der Waals surface area contributed by atoms with E-state index in [-0.39, 0.29) is 5.91 Å². The number of aryl methyl sites for hydroxylation is 3. The van der Waals surface area contributed by atoms with Crippen LogP contribution in [-0.4, -0.2) is 20.5 Å². The molecule has 0 fully saturated rings. The molecule has 0 spiro atoms. The highest BCUT2D eigenvalue weighted by Gasteiger charge is 2.14. The highest BCUT2D eigenvalue weighted by molar-refractivity contribution is 7.08. The standard InChI is InChI=1S/C16H18N4OS/c1-4-13-15(22-20-19-13)16(21)17-8-11-5-6-14-12(7-11)9(2)10(3)18-14/h5-7,18H,4,8H2,1-3H3,(H,17,21). The molecule has 3 aromatic rings. The molecule has 6 heteroatoms. The van der Waals surface area contributed by atoms with Gasteiger partial charge in [-0.05, 0) is 55.1 Å². The van der Waals surface area contributed by atoms with E-state index in [9.17, 15) is 4.79 Å². The zero-order chi connectivity index (χ0) is 15.7. The van der Waals surface area contributed by atoms with Gasteiger partial charge >= 0.3 is 0 Å². The molecule has 2 aromatic heterocycles. The SMILES string of the molecule is CCc1nnsc1C(=O)NCc1ccc2[nH]c(C)c(C)c2c1. The second kappa shape index (κ2) is 5.88. The molecule has 0 bridgehead atoms. The van der Waals surface area contributed by atoms with Crippen molar-refractivity contribution in [2.24, 2.45) is 0 Å². The van der Waals surface area contributed by atoms with E-state index in [0.717, 1.165) is 28.3 Å². The van der Waals surface area contributed by atoms with Crippen LogP contribution in [0.25, 0.3) is 10.9 Å². The molecule has 2 heterocycles. The van der Waals surface area contributed by atoms with Gasteiger partial charge in [-0.1, -0.05) is 17.5 Å². The van der Waals surface area contributed by atoms with Crippen molar-refractivity contribution in [1.82, 2.24) is 19.9 Å². The van der Waals surface area contributed by atoms with E-state index in [1.807, 2.05) is 13.0 Å². The van der Waals surface area contributed by atoms with E-state index in [1.54, 1.807) is 0 Å². The van der Waals surface area contributed by atoms with Crippen LogP contribution in [0.1, 0.15) is 39.1 Å². The lowest BCUT2D eigenvalue weighted by Crippen LogP contribution is -2.22. The molecule has 22 heavy (non-hydrogen) atoms. The van der Waals surface area contributed by atoms with Gasteiger partial charge in [-0.3, -0.25) is 4.79 Å². The first-order valence-corrected chi connectivity index (χ1v) is 8.04. The first-order valence-electron chi connectivity index (χ1n) is 7.27. The third-order valence-electron chi connectivity index (χ3n) is 3.92. The van der Waals surface area contributed by atoms with Gasteiger partial charge in [-0.2, -0.15) is 0 Å². The quantitative estimate of drug-likeness (QED) is 0.777. The van der Waals surface area contributed by atoms with Crippen LogP contribution < -0.4 is 5.32 Å². The minimum absolute atomic E-state index is 0.103. The molecule has 3 rings (SSSR count). The van der Waals surface area contributed by atoms with Crippen LogP contribution in [0.2, 0.25) is 0 Å². The van der Waals surface area contributed by atoms with Crippen molar-refractivity contribution in [3.63, 3.8) is 0 Å². The number of amides is 1. The molecular formula is C16H18N4OS. The van der Waals surface area contributed by atoms with Crippen molar-refractivity contribution in [1.29, 1.82) is 0 Å². The number of carbonyl (C=O) groups is 1. The summed E-state index contributed by atoms with van der Waals surface area (Å²) in [5, 5.41) is 8.12. The summed E-state index contributed by atoms with van der Waals surface area (Å²) >= 11 is 1.15. The number of benzene rings is 1. The van der Waals surface area contributed by atoms with Crippen molar-refractivity contribution in [3.8, 4) is 0 Å². The molecule has 0 radical (unpaired) electrons. The molecule has 114 valence electrons. The number of carbonyl (C=O) groups excluding carboxylic acids is 1. The third-order valence-corrected chi connectivity index (χ3v) is 4.69. The zero-order valence-corrected chi connectivity index (χ0v) is 13.7. The average Bonchev–Trinajstić information content (AvgIpc) is 3.10. The Balaban J connectivity index is 1.76. The van der Waals surface area contributed by atoms with Gasteiger partial charge in [0.15, 0.2) is 0 Å². The van der Waals surface area contributed by atoms with Crippen molar-refractivity contribution in [2.45, 2.75) is 33.7 Å². The summed E-state index contributed by atoms with van der Waals surface area (Å²) < 4.78 is 3.85. The summed E-state index contributed by atoms with van der Waals surface area (Å²) in [6.07, 6.45) is 0.715. The molecular weight excluding hydrogens is 296 g/mol. The molecule has 2 N–H and O–H groups in total. The first kappa shape index (κ1) is 14.7. The Labute approximate surface area is 132 Å². The lowest BCUT2D eigenvalue weighted by Gasteiger charge is -2.05. The van der Waals surface area contributed by atoms with E-state index in [2.05, 4.69) is 45.9 Å². The molecule has 0 aliphatic heterocycles. The fraction of sp³-hybridized carbons (Fsp3) is 0.312. The number of fused-ring (bicyclic) bond motifs is 1. The minimum Gasteiger partial charge on any atom is -0.358 e. The molecule has 0 saturated carbocycles. The van der Waals surface area contributed by atoms with E-state index in [4.69, 9.17) is 0 Å². The second-order valence-corrected chi connectivity index (χ2v) is 6.09. The van der Waals surface area contributed by atoms with E-state index in [0.29, 0.717) is 17.8 Å². The summed E-state index contributed by atoms with van der Waals surface area (Å²) in [6.45, 7) is 6.64. The Morgan fingerprint density at radius 1 is 1.36 bits per heavy atom. The van der Waals surface area contributed by atoms with Crippen LogP contribution in [0.15, 0.2) is 18.2 Å². The highest BCUT2D eigenvalue weighted by Crippen LogP contribution is 2.22. The Morgan fingerprint density at radius 2 is 2.18 bits per heavy atom. The van der Waals surface area contributed by atoms with Crippen molar-refractivity contribution < 1.29 is 4.79 Å². The monoisotopic (exact) mass is 314 g/mol.